The van der Waals surface area contributed by atoms with E-state index in [1.54, 1.807) is 12.9 Å². The average Bonchev–Trinajstić information content (AvgIpc) is 2.60. The average molecular weight is 254 g/mol. The highest BCUT2D eigenvalue weighted by Crippen LogP contribution is 2.32. The van der Waals surface area contributed by atoms with Crippen molar-refractivity contribution in [3.05, 3.63) is 18.2 Å². The van der Waals surface area contributed by atoms with Crippen LogP contribution in [0.4, 0.5) is 0 Å². The third-order valence-electron chi connectivity index (χ3n) is 3.21. The minimum atomic E-state index is -0.918. The molecule has 0 saturated heterocycles. The molecule has 0 amide bonds. The first-order valence-electron chi connectivity index (χ1n) is 5.95. The van der Waals surface area contributed by atoms with E-state index in [4.69, 9.17) is 4.74 Å². The summed E-state index contributed by atoms with van der Waals surface area (Å²) in [6.07, 6.45) is -0.479. The molecule has 18 heavy (non-hydrogen) atoms. The van der Waals surface area contributed by atoms with Gasteiger partial charge in [-0.2, -0.15) is 0 Å². The van der Waals surface area contributed by atoms with E-state index < -0.39 is 30.2 Å². The van der Waals surface area contributed by atoms with E-state index in [-0.39, 0.29) is 12.8 Å². The maximum Gasteiger partial charge on any atom is 0.333 e. The van der Waals surface area contributed by atoms with Crippen LogP contribution in [0.25, 0.3) is 0 Å². The molecule has 2 N–H and O–H groups in total. The summed E-state index contributed by atoms with van der Waals surface area (Å²) >= 11 is 0. The van der Waals surface area contributed by atoms with Crippen molar-refractivity contribution in [2.75, 3.05) is 0 Å². The molecule has 5 heteroatoms. The molecule has 1 saturated carbocycles. The second-order valence-corrected chi connectivity index (χ2v) is 4.42. The van der Waals surface area contributed by atoms with Gasteiger partial charge in [-0.3, -0.25) is 0 Å². The standard InChI is InChI=1S/C13H18O5/c1-3-8(2)13(17)18-12-9(5-4-6-14)10(15)7-11(12)16/h4,9-12,15-16H,2-3,5,7H2,1H3. The Kier molecular flexibility index (Phi) is 5.28. The van der Waals surface area contributed by atoms with Gasteiger partial charge in [0.05, 0.1) is 12.2 Å². The molecule has 4 atom stereocenters. The Morgan fingerprint density at radius 2 is 2.17 bits per heavy atom. The number of esters is 1. The number of hydrogen-bond acceptors (Lipinski definition) is 5. The zero-order valence-electron chi connectivity index (χ0n) is 10.3. The third-order valence-corrected chi connectivity index (χ3v) is 3.21. The van der Waals surface area contributed by atoms with E-state index in [9.17, 15) is 19.8 Å². The van der Waals surface area contributed by atoms with Gasteiger partial charge >= 0.3 is 5.97 Å². The van der Waals surface area contributed by atoms with Crippen LogP contribution in [0.15, 0.2) is 18.2 Å². The van der Waals surface area contributed by atoms with E-state index in [0.717, 1.165) is 0 Å². The Morgan fingerprint density at radius 1 is 1.50 bits per heavy atom. The second-order valence-electron chi connectivity index (χ2n) is 4.42. The molecule has 0 aromatic rings. The molecule has 1 aliphatic carbocycles. The van der Waals surface area contributed by atoms with E-state index in [2.05, 4.69) is 6.58 Å². The minimum absolute atomic E-state index is 0.133. The Bertz CT molecular complexity index is 370. The highest BCUT2D eigenvalue weighted by molar-refractivity contribution is 5.87. The smallest absolute Gasteiger partial charge is 0.333 e. The lowest BCUT2D eigenvalue weighted by Crippen LogP contribution is -2.33. The van der Waals surface area contributed by atoms with E-state index in [0.29, 0.717) is 12.0 Å². The number of carbonyl (C=O) groups excluding carboxylic acids is 2. The minimum Gasteiger partial charge on any atom is -0.456 e. The van der Waals surface area contributed by atoms with Crippen LogP contribution in [0.3, 0.4) is 0 Å². The zero-order chi connectivity index (χ0) is 13.7. The van der Waals surface area contributed by atoms with Crippen molar-refractivity contribution in [2.24, 2.45) is 5.92 Å². The molecule has 5 nitrogen and oxygen atoms in total. The molecule has 0 radical (unpaired) electrons. The summed E-state index contributed by atoms with van der Waals surface area (Å²) in [4.78, 5) is 21.8. The Balaban J connectivity index is 2.73. The van der Waals surface area contributed by atoms with Gasteiger partial charge in [0.25, 0.3) is 0 Å². The number of ether oxygens (including phenoxy) is 1. The van der Waals surface area contributed by atoms with Gasteiger partial charge in [-0.05, 0) is 12.8 Å². The summed E-state index contributed by atoms with van der Waals surface area (Å²) < 4.78 is 5.16. The predicted octanol–water partition coefficient (Wildman–Crippen LogP) is 0.384. The third kappa shape index (κ3) is 3.29. The van der Waals surface area contributed by atoms with Crippen molar-refractivity contribution in [2.45, 2.75) is 44.5 Å². The van der Waals surface area contributed by atoms with Crippen LogP contribution >= 0.6 is 0 Å². The normalized spacial score (nSPS) is 30.6. The lowest BCUT2D eigenvalue weighted by atomic mass is 9.99. The fraction of sp³-hybridized carbons (Fsp3) is 0.615. The van der Waals surface area contributed by atoms with Crippen molar-refractivity contribution in [3.8, 4) is 0 Å². The summed E-state index contributed by atoms with van der Waals surface area (Å²) in [5.74, 6) is 0.562. The van der Waals surface area contributed by atoms with E-state index in [1.165, 1.54) is 6.08 Å². The molecule has 1 aliphatic rings. The fourth-order valence-corrected chi connectivity index (χ4v) is 2.05. The van der Waals surface area contributed by atoms with Gasteiger partial charge in [0.15, 0.2) is 0 Å². The number of hydrogen-bond donors (Lipinski definition) is 2. The molecule has 0 aliphatic heterocycles. The largest absolute Gasteiger partial charge is 0.456 e. The molecule has 100 valence electrons. The molecular formula is C13H18O5. The van der Waals surface area contributed by atoms with Crippen LogP contribution in [0, 0.1) is 5.92 Å². The Labute approximate surface area is 106 Å². The summed E-state index contributed by atoms with van der Waals surface area (Å²) in [6, 6.07) is 0. The molecule has 4 unspecified atom stereocenters. The SMILES string of the molecule is C=C(CC)C(=O)OC1C(O)CC(O)C1CC=C=O. The van der Waals surface area contributed by atoms with Gasteiger partial charge in [-0.15, -0.1) is 0 Å². The highest BCUT2D eigenvalue weighted by Gasteiger charge is 2.43. The van der Waals surface area contributed by atoms with Crippen LogP contribution in [-0.4, -0.2) is 40.4 Å². The first-order chi connectivity index (χ1) is 8.51. The number of aliphatic hydroxyl groups is 2. The number of aliphatic hydroxyl groups excluding tert-OH is 2. The second kappa shape index (κ2) is 6.50. The summed E-state index contributed by atoms with van der Waals surface area (Å²) in [5, 5.41) is 19.5. The van der Waals surface area contributed by atoms with Crippen LogP contribution in [0.5, 0.6) is 0 Å². The van der Waals surface area contributed by atoms with Gasteiger partial charge < -0.3 is 14.9 Å². The molecule has 0 bridgehead atoms. The molecule has 1 rings (SSSR count). The van der Waals surface area contributed by atoms with Crippen LogP contribution in [0.1, 0.15) is 26.2 Å². The van der Waals surface area contributed by atoms with Gasteiger partial charge in [-0.25, -0.2) is 9.59 Å². The molecule has 1 fully saturated rings. The van der Waals surface area contributed by atoms with Gasteiger partial charge in [-0.1, -0.05) is 13.5 Å². The van der Waals surface area contributed by atoms with Gasteiger partial charge in [0, 0.05) is 24.0 Å². The van der Waals surface area contributed by atoms with Crippen molar-refractivity contribution in [3.63, 3.8) is 0 Å². The van der Waals surface area contributed by atoms with Crippen molar-refractivity contribution < 1.29 is 24.5 Å². The topological polar surface area (TPSA) is 83.8 Å². The molecule has 0 spiro atoms. The number of rotatable bonds is 5. The first kappa shape index (κ1) is 14.6. The summed E-state index contributed by atoms with van der Waals surface area (Å²) in [7, 11) is 0. The zero-order valence-corrected chi connectivity index (χ0v) is 10.3. The van der Waals surface area contributed by atoms with Crippen molar-refractivity contribution in [1.29, 1.82) is 0 Å². The monoisotopic (exact) mass is 254 g/mol. The lowest BCUT2D eigenvalue weighted by molar-refractivity contribution is -0.151. The van der Waals surface area contributed by atoms with Gasteiger partial charge in [0.1, 0.15) is 12.0 Å². The van der Waals surface area contributed by atoms with Crippen molar-refractivity contribution in [1.82, 2.24) is 0 Å². The predicted molar refractivity (Wildman–Crippen MR) is 64.3 cm³/mol. The van der Waals surface area contributed by atoms with Gasteiger partial charge in [0.2, 0.25) is 0 Å². The maximum absolute atomic E-state index is 11.6. The maximum atomic E-state index is 11.6. The highest BCUT2D eigenvalue weighted by atomic mass is 16.6. The van der Waals surface area contributed by atoms with E-state index in [1.807, 2.05) is 0 Å². The van der Waals surface area contributed by atoms with E-state index >= 15 is 0 Å². The quantitative estimate of drug-likeness (QED) is 0.421. The number of allylic oxidation sites excluding steroid dienone is 1. The first-order valence-corrected chi connectivity index (χ1v) is 5.95. The summed E-state index contributed by atoms with van der Waals surface area (Å²) in [6.45, 7) is 5.33. The number of carbonyl (C=O) groups is 1. The summed E-state index contributed by atoms with van der Waals surface area (Å²) in [5.41, 5.74) is 0.313. The van der Waals surface area contributed by atoms with Crippen LogP contribution in [-0.2, 0) is 14.3 Å². The Hall–Kier alpha value is -1.42. The molecule has 0 aromatic heterocycles. The molecule has 0 heterocycles. The Morgan fingerprint density at radius 3 is 2.72 bits per heavy atom. The fourth-order valence-electron chi connectivity index (χ4n) is 2.05. The van der Waals surface area contributed by atoms with Crippen LogP contribution in [0.2, 0.25) is 0 Å². The lowest BCUT2D eigenvalue weighted by Gasteiger charge is -2.22. The molecular weight excluding hydrogens is 236 g/mol. The van der Waals surface area contributed by atoms with Crippen LogP contribution < -0.4 is 0 Å². The molecule has 0 aromatic carbocycles. The van der Waals surface area contributed by atoms with Crippen molar-refractivity contribution >= 4 is 11.9 Å².